The predicted molar refractivity (Wildman–Crippen MR) is 62.6 cm³/mol. The lowest BCUT2D eigenvalue weighted by atomic mass is 10.0. The first-order valence-electron chi connectivity index (χ1n) is 5.59. The molecule has 1 aliphatic rings. The number of hydrogen-bond acceptors (Lipinski definition) is 3. The Labute approximate surface area is 98.6 Å². The quantitative estimate of drug-likeness (QED) is 0.772. The van der Waals surface area contributed by atoms with Gasteiger partial charge in [-0.3, -0.25) is 0 Å². The van der Waals surface area contributed by atoms with Crippen LogP contribution in [-0.4, -0.2) is 21.1 Å². The smallest absolute Gasteiger partial charge is 0.168 e. The Morgan fingerprint density at radius 3 is 3.06 bits per heavy atom. The Morgan fingerprint density at radius 2 is 2.31 bits per heavy atom. The third-order valence-corrected chi connectivity index (χ3v) is 3.24. The molecule has 84 valence electrons. The van der Waals surface area contributed by atoms with Crippen LogP contribution in [0, 0.1) is 0 Å². The molecule has 0 aromatic carbocycles. The van der Waals surface area contributed by atoms with Crippen molar-refractivity contribution < 1.29 is 0 Å². The maximum atomic E-state index is 6.05. The predicted octanol–water partition coefficient (Wildman–Crippen LogP) is 2.20. The van der Waals surface area contributed by atoms with Crippen LogP contribution in [0.5, 0.6) is 0 Å². The SMILES string of the molecule is Clc1cccc2nc(C3CCCCN3)nn12. The van der Waals surface area contributed by atoms with Gasteiger partial charge in [0, 0.05) is 0 Å². The van der Waals surface area contributed by atoms with Crippen molar-refractivity contribution in [3.63, 3.8) is 0 Å². The Kier molecular flexibility index (Phi) is 2.53. The first-order chi connectivity index (χ1) is 7.84. The van der Waals surface area contributed by atoms with Gasteiger partial charge in [-0.1, -0.05) is 24.1 Å². The Hall–Kier alpha value is -1.13. The van der Waals surface area contributed by atoms with E-state index in [0.717, 1.165) is 24.4 Å². The highest BCUT2D eigenvalue weighted by molar-refractivity contribution is 6.29. The van der Waals surface area contributed by atoms with Crippen LogP contribution in [0.1, 0.15) is 31.1 Å². The van der Waals surface area contributed by atoms with E-state index < -0.39 is 0 Å². The van der Waals surface area contributed by atoms with E-state index >= 15 is 0 Å². The summed E-state index contributed by atoms with van der Waals surface area (Å²) in [5.41, 5.74) is 0.815. The van der Waals surface area contributed by atoms with Crippen molar-refractivity contribution in [1.29, 1.82) is 0 Å². The molecule has 3 rings (SSSR count). The fraction of sp³-hybridized carbons (Fsp3) is 0.455. The zero-order chi connectivity index (χ0) is 11.0. The number of aromatic nitrogens is 3. The fourth-order valence-corrected chi connectivity index (χ4v) is 2.31. The molecule has 3 heterocycles. The number of nitrogens with one attached hydrogen (secondary N) is 1. The van der Waals surface area contributed by atoms with E-state index in [1.807, 2.05) is 18.2 Å². The Morgan fingerprint density at radius 1 is 1.38 bits per heavy atom. The molecule has 1 aliphatic heterocycles. The van der Waals surface area contributed by atoms with E-state index in [4.69, 9.17) is 11.6 Å². The number of halogens is 1. The van der Waals surface area contributed by atoms with Crippen molar-refractivity contribution in [3.8, 4) is 0 Å². The minimum absolute atomic E-state index is 0.282. The average molecular weight is 237 g/mol. The van der Waals surface area contributed by atoms with E-state index in [2.05, 4.69) is 15.4 Å². The monoisotopic (exact) mass is 236 g/mol. The Bertz CT molecular complexity index is 502. The van der Waals surface area contributed by atoms with Crippen molar-refractivity contribution in [1.82, 2.24) is 19.9 Å². The molecule has 0 spiro atoms. The van der Waals surface area contributed by atoms with Crippen LogP contribution < -0.4 is 5.32 Å². The van der Waals surface area contributed by atoms with Crippen LogP contribution in [-0.2, 0) is 0 Å². The molecule has 1 unspecified atom stereocenters. The van der Waals surface area contributed by atoms with E-state index in [-0.39, 0.29) is 6.04 Å². The first-order valence-corrected chi connectivity index (χ1v) is 5.97. The molecule has 1 atom stereocenters. The highest BCUT2D eigenvalue weighted by Crippen LogP contribution is 2.21. The molecule has 0 amide bonds. The van der Waals surface area contributed by atoms with Crippen molar-refractivity contribution in [2.45, 2.75) is 25.3 Å². The molecule has 4 nitrogen and oxygen atoms in total. The number of pyridine rings is 1. The molecule has 0 radical (unpaired) electrons. The summed E-state index contributed by atoms with van der Waals surface area (Å²) in [6.07, 6.45) is 3.58. The second kappa shape index (κ2) is 4.03. The van der Waals surface area contributed by atoms with E-state index in [9.17, 15) is 0 Å². The molecule has 2 aromatic rings. The minimum Gasteiger partial charge on any atom is -0.307 e. The molecule has 16 heavy (non-hydrogen) atoms. The molecule has 0 aliphatic carbocycles. The first kappa shape index (κ1) is 10.1. The third-order valence-electron chi connectivity index (χ3n) is 2.95. The van der Waals surface area contributed by atoms with E-state index in [1.165, 1.54) is 12.8 Å². The Balaban J connectivity index is 2.01. The molecule has 1 fully saturated rings. The summed E-state index contributed by atoms with van der Waals surface area (Å²) in [5.74, 6) is 0.854. The van der Waals surface area contributed by atoms with Crippen LogP contribution in [0.4, 0.5) is 0 Å². The van der Waals surface area contributed by atoms with Crippen LogP contribution >= 0.6 is 11.6 Å². The minimum atomic E-state index is 0.282. The molecular formula is C11H13ClN4. The van der Waals surface area contributed by atoms with Gasteiger partial charge in [-0.25, -0.2) is 9.50 Å². The van der Waals surface area contributed by atoms with Gasteiger partial charge in [0.05, 0.1) is 6.04 Å². The van der Waals surface area contributed by atoms with Gasteiger partial charge in [-0.2, -0.15) is 0 Å². The van der Waals surface area contributed by atoms with E-state index in [1.54, 1.807) is 4.52 Å². The molecule has 1 saturated heterocycles. The van der Waals surface area contributed by atoms with Gasteiger partial charge in [0.25, 0.3) is 0 Å². The maximum absolute atomic E-state index is 6.05. The van der Waals surface area contributed by atoms with Gasteiger partial charge in [0.1, 0.15) is 5.15 Å². The van der Waals surface area contributed by atoms with Crippen LogP contribution in [0.15, 0.2) is 18.2 Å². The summed E-state index contributed by atoms with van der Waals surface area (Å²) in [7, 11) is 0. The van der Waals surface area contributed by atoms with Gasteiger partial charge >= 0.3 is 0 Å². The lowest BCUT2D eigenvalue weighted by Gasteiger charge is -2.20. The van der Waals surface area contributed by atoms with Crippen molar-refractivity contribution in [2.75, 3.05) is 6.54 Å². The summed E-state index contributed by atoms with van der Waals surface area (Å²) >= 11 is 6.05. The van der Waals surface area contributed by atoms with Crippen LogP contribution in [0.25, 0.3) is 5.65 Å². The largest absolute Gasteiger partial charge is 0.307 e. The summed E-state index contributed by atoms with van der Waals surface area (Å²) < 4.78 is 1.69. The maximum Gasteiger partial charge on any atom is 0.168 e. The van der Waals surface area contributed by atoms with Gasteiger partial charge in [-0.15, -0.1) is 5.10 Å². The molecule has 0 bridgehead atoms. The molecule has 1 N–H and O–H groups in total. The number of rotatable bonds is 1. The molecule has 5 heteroatoms. The summed E-state index contributed by atoms with van der Waals surface area (Å²) in [4.78, 5) is 4.50. The summed E-state index contributed by atoms with van der Waals surface area (Å²) in [5, 5.41) is 8.49. The highest BCUT2D eigenvalue weighted by atomic mass is 35.5. The molecule has 0 saturated carbocycles. The third kappa shape index (κ3) is 1.68. The lowest BCUT2D eigenvalue weighted by molar-refractivity contribution is 0.397. The molecule has 2 aromatic heterocycles. The standard InChI is InChI=1S/C11H13ClN4/c12-9-5-3-6-10-14-11(15-16(9)10)8-4-1-2-7-13-8/h3,5-6,8,13H,1-2,4,7H2. The van der Waals surface area contributed by atoms with Crippen molar-refractivity contribution >= 4 is 17.2 Å². The number of piperidine rings is 1. The van der Waals surface area contributed by atoms with Gasteiger partial charge < -0.3 is 5.32 Å². The number of nitrogens with zero attached hydrogens (tertiary/aromatic N) is 3. The van der Waals surface area contributed by atoms with Gasteiger partial charge in [0.2, 0.25) is 0 Å². The number of hydrogen-bond donors (Lipinski definition) is 1. The topological polar surface area (TPSA) is 42.2 Å². The van der Waals surface area contributed by atoms with Crippen molar-refractivity contribution in [2.24, 2.45) is 0 Å². The van der Waals surface area contributed by atoms with Crippen LogP contribution in [0.2, 0.25) is 5.15 Å². The highest BCUT2D eigenvalue weighted by Gasteiger charge is 2.19. The van der Waals surface area contributed by atoms with Crippen LogP contribution in [0.3, 0.4) is 0 Å². The molecular weight excluding hydrogens is 224 g/mol. The lowest BCUT2D eigenvalue weighted by Crippen LogP contribution is -2.27. The van der Waals surface area contributed by atoms with Crippen molar-refractivity contribution in [3.05, 3.63) is 29.2 Å². The fourth-order valence-electron chi connectivity index (χ4n) is 2.11. The summed E-state index contributed by atoms with van der Waals surface area (Å²) in [6, 6.07) is 5.92. The normalized spacial score (nSPS) is 21.4. The number of fused-ring (bicyclic) bond motifs is 1. The van der Waals surface area contributed by atoms with E-state index in [0.29, 0.717) is 5.15 Å². The summed E-state index contributed by atoms with van der Waals surface area (Å²) in [6.45, 7) is 1.05. The zero-order valence-corrected chi connectivity index (χ0v) is 9.61. The second-order valence-corrected chi connectivity index (χ2v) is 4.48. The average Bonchev–Trinajstić information content (AvgIpc) is 2.76. The zero-order valence-electron chi connectivity index (χ0n) is 8.86. The van der Waals surface area contributed by atoms with Gasteiger partial charge in [0.15, 0.2) is 11.5 Å². The second-order valence-electron chi connectivity index (χ2n) is 4.09. The van der Waals surface area contributed by atoms with Gasteiger partial charge in [-0.05, 0) is 31.5 Å².